The minimum absolute atomic E-state index is 0.506. The van der Waals surface area contributed by atoms with Crippen LogP contribution in [0.4, 0.5) is 0 Å². The molecule has 0 heterocycles. The lowest BCUT2D eigenvalue weighted by molar-refractivity contribution is 0.195. The molecule has 0 radical (unpaired) electrons. The number of aliphatic hydroxyl groups excluding tert-OH is 1. The van der Waals surface area contributed by atoms with E-state index in [-0.39, 0.29) is 0 Å². The Hall–Kier alpha value is -2.31. The maximum Gasteiger partial charge on any atom is 0.134 e. The zero-order valence-corrected chi connectivity index (χ0v) is 10.9. The van der Waals surface area contributed by atoms with Crippen molar-refractivity contribution in [1.82, 2.24) is 0 Å². The van der Waals surface area contributed by atoms with E-state index < -0.39 is 6.10 Å². The predicted molar refractivity (Wildman–Crippen MR) is 73.0 cm³/mol. The summed E-state index contributed by atoms with van der Waals surface area (Å²) in [6, 6.07) is 14.7. The topological polar surface area (TPSA) is 53.2 Å². The number of benzene rings is 2. The highest BCUT2D eigenvalue weighted by atomic mass is 16.5. The highest BCUT2D eigenvalue weighted by molar-refractivity contribution is 5.45. The van der Waals surface area contributed by atoms with Gasteiger partial charge in [0.1, 0.15) is 11.5 Å². The first-order valence-corrected chi connectivity index (χ1v) is 6.07. The lowest BCUT2D eigenvalue weighted by Gasteiger charge is -2.13. The van der Waals surface area contributed by atoms with Gasteiger partial charge in [-0.2, -0.15) is 5.26 Å². The van der Waals surface area contributed by atoms with Crippen LogP contribution in [0.15, 0.2) is 42.5 Å². The zero-order valence-electron chi connectivity index (χ0n) is 10.9. The molecule has 0 aliphatic carbocycles. The van der Waals surface area contributed by atoms with E-state index in [0.717, 1.165) is 5.56 Å². The maximum absolute atomic E-state index is 9.73. The summed E-state index contributed by atoms with van der Waals surface area (Å²) in [6.07, 6.45) is -0.645. The van der Waals surface area contributed by atoms with E-state index in [1.807, 2.05) is 31.2 Å². The van der Waals surface area contributed by atoms with Crippen LogP contribution in [-0.2, 0) is 0 Å². The molecule has 1 N–H and O–H groups in total. The normalized spacial score (nSPS) is 11.7. The van der Waals surface area contributed by atoms with Crippen LogP contribution < -0.4 is 4.74 Å². The fraction of sp³-hybridized carbons (Fsp3) is 0.188. The van der Waals surface area contributed by atoms with E-state index in [9.17, 15) is 5.11 Å². The van der Waals surface area contributed by atoms with Crippen molar-refractivity contribution in [3.8, 4) is 17.6 Å². The van der Waals surface area contributed by atoms with Crippen LogP contribution in [-0.4, -0.2) is 5.11 Å². The van der Waals surface area contributed by atoms with Gasteiger partial charge in [0, 0.05) is 5.56 Å². The average molecular weight is 253 g/mol. The Kier molecular flexibility index (Phi) is 3.84. The maximum atomic E-state index is 9.73. The third-order valence-corrected chi connectivity index (χ3v) is 2.84. The molecule has 0 aliphatic rings. The SMILES string of the molecule is Cc1ccc(Oc2cc(C#N)ccc2C(C)O)cc1. The van der Waals surface area contributed by atoms with Crippen molar-refractivity contribution in [2.45, 2.75) is 20.0 Å². The Labute approximate surface area is 112 Å². The molecule has 1 atom stereocenters. The molecule has 0 spiro atoms. The summed E-state index contributed by atoms with van der Waals surface area (Å²) in [7, 11) is 0. The average Bonchev–Trinajstić information content (AvgIpc) is 2.41. The van der Waals surface area contributed by atoms with E-state index >= 15 is 0 Å². The van der Waals surface area contributed by atoms with E-state index in [2.05, 4.69) is 6.07 Å². The van der Waals surface area contributed by atoms with Gasteiger partial charge in [0.15, 0.2) is 0 Å². The Morgan fingerprint density at radius 3 is 2.42 bits per heavy atom. The molecule has 2 aromatic carbocycles. The molecule has 3 nitrogen and oxygen atoms in total. The number of aliphatic hydroxyl groups is 1. The van der Waals surface area contributed by atoms with E-state index in [1.54, 1.807) is 25.1 Å². The van der Waals surface area contributed by atoms with Crippen LogP contribution in [0.25, 0.3) is 0 Å². The van der Waals surface area contributed by atoms with E-state index in [0.29, 0.717) is 22.6 Å². The first kappa shape index (κ1) is 13.1. The van der Waals surface area contributed by atoms with Crippen LogP contribution in [0.1, 0.15) is 29.7 Å². The zero-order chi connectivity index (χ0) is 13.8. The van der Waals surface area contributed by atoms with E-state index in [4.69, 9.17) is 10.00 Å². The third kappa shape index (κ3) is 3.12. The second kappa shape index (κ2) is 5.55. The molecule has 0 amide bonds. The van der Waals surface area contributed by atoms with Gasteiger partial charge in [0.25, 0.3) is 0 Å². The van der Waals surface area contributed by atoms with Crippen LogP contribution in [0.5, 0.6) is 11.5 Å². The summed E-state index contributed by atoms with van der Waals surface area (Å²) in [4.78, 5) is 0. The van der Waals surface area contributed by atoms with Crippen LogP contribution in [0.3, 0.4) is 0 Å². The fourth-order valence-corrected chi connectivity index (χ4v) is 1.77. The molecule has 0 aliphatic heterocycles. The molecule has 0 bridgehead atoms. The van der Waals surface area contributed by atoms with Gasteiger partial charge in [-0.1, -0.05) is 23.8 Å². The summed E-state index contributed by atoms with van der Waals surface area (Å²) in [5.41, 5.74) is 2.32. The Bertz CT molecular complexity index is 610. The lowest BCUT2D eigenvalue weighted by atomic mass is 10.1. The Balaban J connectivity index is 2.37. The Morgan fingerprint density at radius 2 is 1.84 bits per heavy atom. The van der Waals surface area contributed by atoms with Crippen molar-refractivity contribution < 1.29 is 9.84 Å². The standard InChI is InChI=1S/C16H15NO2/c1-11-3-6-14(7-4-11)19-16-9-13(10-17)5-8-15(16)12(2)18/h3-9,12,18H,1-2H3. The predicted octanol–water partition coefficient (Wildman–Crippen LogP) is 3.71. The van der Waals surface area contributed by atoms with Crippen molar-refractivity contribution in [3.05, 3.63) is 59.2 Å². The second-order valence-electron chi connectivity index (χ2n) is 4.46. The number of nitriles is 1. The number of aryl methyl sites for hydroxylation is 1. The number of nitrogens with zero attached hydrogens (tertiary/aromatic N) is 1. The molecular weight excluding hydrogens is 238 g/mol. The van der Waals surface area contributed by atoms with Crippen molar-refractivity contribution in [3.63, 3.8) is 0 Å². The first-order valence-electron chi connectivity index (χ1n) is 6.07. The highest BCUT2D eigenvalue weighted by Gasteiger charge is 2.11. The van der Waals surface area contributed by atoms with Crippen molar-refractivity contribution >= 4 is 0 Å². The Morgan fingerprint density at radius 1 is 1.16 bits per heavy atom. The van der Waals surface area contributed by atoms with Crippen molar-refractivity contribution in [2.24, 2.45) is 0 Å². The molecule has 1 unspecified atom stereocenters. The van der Waals surface area contributed by atoms with Crippen molar-refractivity contribution in [1.29, 1.82) is 5.26 Å². The summed E-state index contributed by atoms with van der Waals surface area (Å²) in [5.74, 6) is 1.19. The molecule has 0 saturated carbocycles. The largest absolute Gasteiger partial charge is 0.457 e. The van der Waals surface area contributed by atoms with Gasteiger partial charge in [-0.05, 0) is 38.1 Å². The molecule has 2 aromatic rings. The number of hydrogen-bond acceptors (Lipinski definition) is 3. The molecule has 0 saturated heterocycles. The molecule has 3 heteroatoms. The molecule has 0 aromatic heterocycles. The fourth-order valence-electron chi connectivity index (χ4n) is 1.77. The van der Waals surface area contributed by atoms with Crippen LogP contribution >= 0.6 is 0 Å². The van der Waals surface area contributed by atoms with Crippen molar-refractivity contribution in [2.75, 3.05) is 0 Å². The summed E-state index contributed by atoms with van der Waals surface area (Å²) in [5, 5.41) is 18.7. The van der Waals surface area contributed by atoms with Gasteiger partial charge >= 0.3 is 0 Å². The summed E-state index contributed by atoms with van der Waals surface area (Å²) < 4.78 is 5.76. The van der Waals surface area contributed by atoms with Crippen LogP contribution in [0.2, 0.25) is 0 Å². The molecule has 0 fully saturated rings. The number of ether oxygens (including phenoxy) is 1. The van der Waals surface area contributed by atoms with Gasteiger partial charge in [0.05, 0.1) is 17.7 Å². The monoisotopic (exact) mass is 253 g/mol. The lowest BCUT2D eigenvalue weighted by Crippen LogP contribution is -1.97. The number of rotatable bonds is 3. The van der Waals surface area contributed by atoms with Gasteiger partial charge in [-0.25, -0.2) is 0 Å². The smallest absolute Gasteiger partial charge is 0.134 e. The third-order valence-electron chi connectivity index (χ3n) is 2.84. The molecule has 19 heavy (non-hydrogen) atoms. The second-order valence-corrected chi connectivity index (χ2v) is 4.46. The van der Waals surface area contributed by atoms with E-state index in [1.165, 1.54) is 0 Å². The van der Waals surface area contributed by atoms with Gasteiger partial charge in [-0.15, -0.1) is 0 Å². The first-order chi connectivity index (χ1) is 9.10. The minimum atomic E-state index is -0.645. The summed E-state index contributed by atoms with van der Waals surface area (Å²) in [6.45, 7) is 3.67. The summed E-state index contributed by atoms with van der Waals surface area (Å²) >= 11 is 0. The number of hydrogen-bond donors (Lipinski definition) is 1. The van der Waals surface area contributed by atoms with Gasteiger partial charge in [-0.3, -0.25) is 0 Å². The quantitative estimate of drug-likeness (QED) is 0.907. The van der Waals surface area contributed by atoms with Gasteiger partial charge in [0.2, 0.25) is 0 Å². The minimum Gasteiger partial charge on any atom is -0.457 e. The molecular formula is C16H15NO2. The molecule has 2 rings (SSSR count). The molecule has 96 valence electrons. The highest BCUT2D eigenvalue weighted by Crippen LogP contribution is 2.30. The van der Waals surface area contributed by atoms with Crippen LogP contribution in [0, 0.1) is 18.3 Å². The van der Waals surface area contributed by atoms with Gasteiger partial charge < -0.3 is 9.84 Å².